The fraction of sp³-hybridized carbons (Fsp3) is 0.462. The minimum absolute atomic E-state index is 0.391. The molecule has 0 radical (unpaired) electrons. The Morgan fingerprint density at radius 3 is 2.76 bits per heavy atom. The summed E-state index contributed by atoms with van der Waals surface area (Å²) in [4.78, 5) is 0. The molecule has 17 heavy (non-hydrogen) atoms. The number of halogens is 2. The average molecular weight is 271 g/mol. The van der Waals surface area contributed by atoms with Gasteiger partial charge in [0.25, 0.3) is 0 Å². The zero-order valence-electron chi connectivity index (χ0n) is 9.84. The van der Waals surface area contributed by atoms with Gasteiger partial charge in [-0.3, -0.25) is 5.32 Å². The van der Waals surface area contributed by atoms with Crippen LogP contribution in [0.15, 0.2) is 18.2 Å². The van der Waals surface area contributed by atoms with Crippen molar-refractivity contribution in [1.29, 1.82) is 5.26 Å². The van der Waals surface area contributed by atoms with Gasteiger partial charge < -0.3 is 0 Å². The fourth-order valence-electron chi connectivity index (χ4n) is 1.59. The first-order chi connectivity index (χ1) is 8.20. The summed E-state index contributed by atoms with van der Waals surface area (Å²) in [7, 11) is 0. The number of nitrogens with one attached hydrogen (secondary N) is 1. The highest BCUT2D eigenvalue weighted by Gasteiger charge is 2.14. The Morgan fingerprint density at radius 1 is 1.35 bits per heavy atom. The first-order valence-electron chi connectivity index (χ1n) is 5.77. The van der Waals surface area contributed by atoms with Crippen LogP contribution >= 0.6 is 23.2 Å². The molecule has 0 aromatic heterocycles. The van der Waals surface area contributed by atoms with E-state index in [4.69, 9.17) is 28.5 Å². The lowest BCUT2D eigenvalue weighted by Crippen LogP contribution is -2.21. The van der Waals surface area contributed by atoms with Gasteiger partial charge in [-0.1, -0.05) is 55.1 Å². The van der Waals surface area contributed by atoms with Crippen LogP contribution in [0.3, 0.4) is 0 Å². The first kappa shape index (κ1) is 14.3. The Labute approximate surface area is 113 Å². The summed E-state index contributed by atoms with van der Waals surface area (Å²) in [5.74, 6) is 0. The molecular formula is C13H16Cl2N2. The standard InChI is InChI=1S/C13H16Cl2N2/c1-2-3-4-8-17-12(9-16)10-6-5-7-11(14)13(10)15/h5-7,12,17H,2-4,8H2,1H3. The van der Waals surface area contributed by atoms with E-state index in [1.54, 1.807) is 6.07 Å². The van der Waals surface area contributed by atoms with Gasteiger partial charge in [0.05, 0.1) is 16.1 Å². The molecular weight excluding hydrogens is 255 g/mol. The number of nitriles is 1. The van der Waals surface area contributed by atoms with E-state index < -0.39 is 6.04 Å². The molecule has 1 unspecified atom stereocenters. The van der Waals surface area contributed by atoms with Gasteiger partial charge in [0.1, 0.15) is 6.04 Å². The Hall–Kier alpha value is -0.750. The average Bonchev–Trinajstić information content (AvgIpc) is 2.34. The van der Waals surface area contributed by atoms with Crippen molar-refractivity contribution in [2.45, 2.75) is 32.2 Å². The van der Waals surface area contributed by atoms with E-state index in [-0.39, 0.29) is 0 Å². The van der Waals surface area contributed by atoms with Gasteiger partial charge in [0.2, 0.25) is 0 Å². The van der Waals surface area contributed by atoms with Crippen molar-refractivity contribution in [3.05, 3.63) is 33.8 Å². The van der Waals surface area contributed by atoms with Crippen molar-refractivity contribution in [3.63, 3.8) is 0 Å². The van der Waals surface area contributed by atoms with Crippen LogP contribution < -0.4 is 5.32 Å². The fourth-order valence-corrected chi connectivity index (χ4v) is 2.01. The second-order valence-electron chi connectivity index (χ2n) is 3.87. The molecule has 2 nitrogen and oxygen atoms in total. The van der Waals surface area contributed by atoms with Crippen LogP contribution in [-0.2, 0) is 0 Å². The number of hydrogen-bond acceptors (Lipinski definition) is 2. The summed E-state index contributed by atoms with van der Waals surface area (Å²) in [5.41, 5.74) is 0.748. The zero-order chi connectivity index (χ0) is 12.7. The molecule has 0 aliphatic rings. The van der Waals surface area contributed by atoms with Gasteiger partial charge >= 0.3 is 0 Å². The summed E-state index contributed by atoms with van der Waals surface area (Å²) in [6.45, 7) is 2.96. The quantitative estimate of drug-likeness (QED) is 0.781. The minimum Gasteiger partial charge on any atom is -0.298 e. The zero-order valence-corrected chi connectivity index (χ0v) is 11.4. The van der Waals surface area contributed by atoms with Crippen molar-refractivity contribution in [1.82, 2.24) is 5.32 Å². The normalized spacial score (nSPS) is 12.1. The van der Waals surface area contributed by atoms with Crippen LogP contribution in [0, 0.1) is 11.3 Å². The van der Waals surface area contributed by atoms with E-state index >= 15 is 0 Å². The second kappa shape index (κ2) is 7.55. The van der Waals surface area contributed by atoms with Crippen LogP contribution in [0.25, 0.3) is 0 Å². The molecule has 0 bridgehead atoms. The van der Waals surface area contributed by atoms with Crippen LogP contribution in [0.4, 0.5) is 0 Å². The lowest BCUT2D eigenvalue weighted by molar-refractivity contribution is 0.581. The molecule has 0 heterocycles. The maximum Gasteiger partial charge on any atom is 0.122 e. The maximum atomic E-state index is 9.14. The summed E-state index contributed by atoms with van der Waals surface area (Å²) >= 11 is 12.0. The van der Waals surface area contributed by atoms with Crippen LogP contribution in [-0.4, -0.2) is 6.54 Å². The van der Waals surface area contributed by atoms with Gasteiger partial charge in [-0.25, -0.2) is 0 Å². The number of rotatable bonds is 6. The topological polar surface area (TPSA) is 35.8 Å². The third-order valence-electron chi connectivity index (χ3n) is 2.55. The van der Waals surface area contributed by atoms with Gasteiger partial charge in [-0.15, -0.1) is 0 Å². The SMILES string of the molecule is CCCCCNC(C#N)c1cccc(Cl)c1Cl. The molecule has 0 saturated heterocycles. The number of hydrogen-bond donors (Lipinski definition) is 1. The molecule has 1 aromatic rings. The molecule has 0 spiro atoms. The van der Waals surface area contributed by atoms with E-state index in [9.17, 15) is 0 Å². The largest absolute Gasteiger partial charge is 0.298 e. The lowest BCUT2D eigenvalue weighted by Gasteiger charge is -2.13. The molecule has 0 saturated carbocycles. The van der Waals surface area contributed by atoms with E-state index in [2.05, 4.69) is 18.3 Å². The molecule has 4 heteroatoms. The molecule has 0 aliphatic heterocycles. The van der Waals surface area contributed by atoms with Crippen molar-refractivity contribution < 1.29 is 0 Å². The third kappa shape index (κ3) is 4.20. The molecule has 1 N–H and O–H groups in total. The van der Waals surface area contributed by atoms with E-state index in [0.29, 0.717) is 10.0 Å². The number of benzene rings is 1. The van der Waals surface area contributed by atoms with Gasteiger partial charge in [0.15, 0.2) is 0 Å². The van der Waals surface area contributed by atoms with Gasteiger partial charge in [0, 0.05) is 5.56 Å². The maximum absolute atomic E-state index is 9.14. The Balaban J connectivity index is 2.67. The van der Waals surface area contributed by atoms with Crippen molar-refractivity contribution in [2.75, 3.05) is 6.54 Å². The van der Waals surface area contributed by atoms with Crippen LogP contribution in [0.2, 0.25) is 10.0 Å². The highest BCUT2D eigenvalue weighted by atomic mass is 35.5. The highest BCUT2D eigenvalue weighted by molar-refractivity contribution is 6.42. The molecule has 0 aliphatic carbocycles. The molecule has 0 amide bonds. The summed E-state index contributed by atoms with van der Waals surface area (Å²) in [5, 5.41) is 13.3. The second-order valence-corrected chi connectivity index (χ2v) is 4.65. The first-order valence-corrected chi connectivity index (χ1v) is 6.53. The molecule has 1 atom stereocenters. The Kier molecular flexibility index (Phi) is 6.36. The van der Waals surface area contributed by atoms with Gasteiger partial charge in [-0.2, -0.15) is 5.26 Å². The predicted octanol–water partition coefficient (Wildman–Crippen LogP) is 4.34. The third-order valence-corrected chi connectivity index (χ3v) is 3.38. The van der Waals surface area contributed by atoms with Crippen LogP contribution in [0.5, 0.6) is 0 Å². The highest BCUT2D eigenvalue weighted by Crippen LogP contribution is 2.29. The van der Waals surface area contributed by atoms with E-state index in [1.807, 2.05) is 12.1 Å². The predicted molar refractivity (Wildman–Crippen MR) is 72.3 cm³/mol. The Morgan fingerprint density at radius 2 is 2.12 bits per heavy atom. The molecule has 1 rings (SSSR count). The summed E-state index contributed by atoms with van der Waals surface area (Å²) in [6.07, 6.45) is 3.39. The van der Waals surface area contributed by atoms with E-state index in [1.165, 1.54) is 0 Å². The number of unbranched alkanes of at least 4 members (excludes halogenated alkanes) is 2. The molecule has 0 fully saturated rings. The molecule has 92 valence electrons. The monoisotopic (exact) mass is 270 g/mol. The van der Waals surface area contributed by atoms with Gasteiger partial charge in [-0.05, 0) is 19.0 Å². The number of nitrogens with zero attached hydrogens (tertiary/aromatic N) is 1. The smallest absolute Gasteiger partial charge is 0.122 e. The van der Waals surface area contributed by atoms with Crippen molar-refractivity contribution >= 4 is 23.2 Å². The Bertz CT molecular complexity index is 399. The van der Waals surface area contributed by atoms with E-state index in [0.717, 1.165) is 31.4 Å². The lowest BCUT2D eigenvalue weighted by atomic mass is 10.1. The van der Waals surface area contributed by atoms with Crippen LogP contribution in [0.1, 0.15) is 37.8 Å². The molecule has 1 aromatic carbocycles. The minimum atomic E-state index is -0.391. The van der Waals surface area contributed by atoms with Crippen molar-refractivity contribution in [2.24, 2.45) is 0 Å². The summed E-state index contributed by atoms with van der Waals surface area (Å²) in [6, 6.07) is 7.18. The summed E-state index contributed by atoms with van der Waals surface area (Å²) < 4.78 is 0. The van der Waals surface area contributed by atoms with Crippen molar-refractivity contribution in [3.8, 4) is 6.07 Å².